The number of hydrogen-bond acceptors (Lipinski definition) is 3. The van der Waals surface area contributed by atoms with Crippen molar-refractivity contribution in [3.8, 4) is 0 Å². The molecule has 1 unspecified atom stereocenters. The van der Waals surface area contributed by atoms with E-state index in [4.69, 9.17) is 0 Å². The monoisotopic (exact) mass is 273 g/mol. The molecule has 0 aliphatic heterocycles. The zero-order chi connectivity index (χ0) is 14.8. The molecule has 20 heavy (non-hydrogen) atoms. The van der Waals surface area contributed by atoms with E-state index in [9.17, 15) is 5.11 Å². The van der Waals surface area contributed by atoms with Crippen molar-refractivity contribution in [2.24, 2.45) is 5.92 Å². The predicted octanol–water partition coefficient (Wildman–Crippen LogP) is 2.69. The average molecular weight is 273 g/mol. The maximum atomic E-state index is 10.8. The first-order chi connectivity index (χ1) is 9.40. The molecule has 2 aromatic rings. The lowest BCUT2D eigenvalue weighted by Gasteiger charge is -2.25. The Kier molecular flexibility index (Phi) is 4.23. The molecule has 1 aromatic heterocycles. The van der Waals surface area contributed by atoms with Crippen LogP contribution < -0.4 is 0 Å². The fourth-order valence-electron chi connectivity index (χ4n) is 2.50. The van der Waals surface area contributed by atoms with Crippen molar-refractivity contribution in [3.63, 3.8) is 0 Å². The molecule has 0 amide bonds. The lowest BCUT2D eigenvalue weighted by atomic mass is 9.89. The van der Waals surface area contributed by atoms with Crippen LogP contribution in [0.15, 0.2) is 30.6 Å². The van der Waals surface area contributed by atoms with E-state index in [-0.39, 0.29) is 0 Å². The van der Waals surface area contributed by atoms with Crippen LogP contribution in [-0.4, -0.2) is 19.9 Å². The number of aliphatic hydroxyl groups is 1. The summed E-state index contributed by atoms with van der Waals surface area (Å²) in [5, 5.41) is 15.1. The van der Waals surface area contributed by atoms with Gasteiger partial charge in [0.25, 0.3) is 0 Å². The number of aromatic nitrogens is 3. The number of nitrogens with zero attached hydrogens (tertiary/aromatic N) is 3. The van der Waals surface area contributed by atoms with Crippen molar-refractivity contribution in [1.82, 2.24) is 14.8 Å². The second-order valence-electron chi connectivity index (χ2n) is 6.02. The lowest BCUT2D eigenvalue weighted by Crippen LogP contribution is -2.27. The minimum Gasteiger partial charge on any atom is -0.385 e. The Hall–Kier alpha value is -1.68. The second kappa shape index (κ2) is 5.75. The molecule has 2 rings (SSSR count). The van der Waals surface area contributed by atoms with Gasteiger partial charge in [0.05, 0.1) is 5.60 Å². The first kappa shape index (κ1) is 14.7. The van der Waals surface area contributed by atoms with Crippen molar-refractivity contribution in [2.75, 3.05) is 0 Å². The van der Waals surface area contributed by atoms with E-state index in [0.717, 1.165) is 23.5 Å². The quantitative estimate of drug-likeness (QED) is 0.911. The van der Waals surface area contributed by atoms with Gasteiger partial charge in [-0.15, -0.1) is 0 Å². The van der Waals surface area contributed by atoms with E-state index in [1.807, 2.05) is 42.8 Å². The number of aryl methyl sites for hydroxylation is 1. The zero-order valence-electron chi connectivity index (χ0n) is 12.7. The second-order valence-corrected chi connectivity index (χ2v) is 6.02. The summed E-state index contributed by atoms with van der Waals surface area (Å²) in [5.41, 5.74) is 1.10. The summed E-state index contributed by atoms with van der Waals surface area (Å²) in [6, 6.07) is 7.92. The molecule has 4 nitrogen and oxygen atoms in total. The summed E-state index contributed by atoms with van der Waals surface area (Å²) < 4.78 is 1.89. The van der Waals surface area contributed by atoms with Crippen LogP contribution in [0.3, 0.4) is 0 Å². The smallest absolute Gasteiger partial charge is 0.138 e. The van der Waals surface area contributed by atoms with Gasteiger partial charge in [-0.2, -0.15) is 5.10 Å². The summed E-state index contributed by atoms with van der Waals surface area (Å²) in [4.78, 5) is 4.30. The zero-order valence-corrected chi connectivity index (χ0v) is 12.7. The third kappa shape index (κ3) is 3.25. The molecule has 0 bridgehead atoms. The summed E-state index contributed by atoms with van der Waals surface area (Å²) in [6.07, 6.45) is 2.02. The van der Waals surface area contributed by atoms with Crippen LogP contribution in [-0.2, 0) is 18.6 Å². The van der Waals surface area contributed by atoms with Gasteiger partial charge in [-0.3, -0.25) is 0 Å². The molecule has 1 aromatic carbocycles. The van der Waals surface area contributed by atoms with E-state index in [0.29, 0.717) is 12.3 Å². The molecule has 108 valence electrons. The van der Waals surface area contributed by atoms with E-state index >= 15 is 0 Å². The Balaban J connectivity index is 2.25. The van der Waals surface area contributed by atoms with Crippen LogP contribution in [0, 0.1) is 12.8 Å². The first-order valence-electron chi connectivity index (χ1n) is 7.05. The van der Waals surface area contributed by atoms with Crippen LogP contribution in [0.5, 0.6) is 0 Å². The first-order valence-corrected chi connectivity index (χ1v) is 7.05. The molecular weight excluding hydrogens is 250 g/mol. The van der Waals surface area contributed by atoms with E-state index in [1.165, 1.54) is 0 Å². The molecule has 0 saturated carbocycles. The molecule has 1 atom stereocenters. The van der Waals surface area contributed by atoms with Gasteiger partial charge in [0.2, 0.25) is 0 Å². The van der Waals surface area contributed by atoms with Crippen LogP contribution in [0.25, 0.3) is 0 Å². The van der Waals surface area contributed by atoms with Crippen LogP contribution in [0.4, 0.5) is 0 Å². The van der Waals surface area contributed by atoms with Crippen molar-refractivity contribution < 1.29 is 5.11 Å². The summed E-state index contributed by atoms with van der Waals surface area (Å²) in [7, 11) is 0. The molecular formula is C16H23N3O. The molecule has 0 radical (unpaired) electrons. The molecule has 0 aliphatic carbocycles. The van der Waals surface area contributed by atoms with Crippen LogP contribution >= 0.6 is 0 Å². The Morgan fingerprint density at radius 1 is 1.30 bits per heavy atom. The van der Waals surface area contributed by atoms with Gasteiger partial charge in [-0.1, -0.05) is 38.1 Å². The van der Waals surface area contributed by atoms with Gasteiger partial charge in [0, 0.05) is 13.0 Å². The van der Waals surface area contributed by atoms with Gasteiger partial charge in [-0.05, 0) is 30.9 Å². The van der Waals surface area contributed by atoms with Crippen molar-refractivity contribution in [2.45, 2.75) is 46.3 Å². The van der Waals surface area contributed by atoms with Crippen LogP contribution in [0.1, 0.15) is 37.7 Å². The SMILES string of the molecule is Cc1ccccc1C(C)(O)Cc1ncnn1CC(C)C. The highest BCUT2D eigenvalue weighted by atomic mass is 16.3. The normalized spacial score (nSPS) is 14.5. The Morgan fingerprint density at radius 2 is 2.00 bits per heavy atom. The summed E-state index contributed by atoms with van der Waals surface area (Å²) in [6.45, 7) is 8.96. The third-order valence-electron chi connectivity index (χ3n) is 3.46. The van der Waals surface area contributed by atoms with Crippen molar-refractivity contribution >= 4 is 0 Å². The highest BCUT2D eigenvalue weighted by Crippen LogP contribution is 2.27. The highest BCUT2D eigenvalue weighted by molar-refractivity contribution is 5.31. The van der Waals surface area contributed by atoms with Gasteiger partial charge >= 0.3 is 0 Å². The van der Waals surface area contributed by atoms with Gasteiger partial charge in [0.15, 0.2) is 0 Å². The van der Waals surface area contributed by atoms with Gasteiger partial charge in [0.1, 0.15) is 12.2 Å². The maximum absolute atomic E-state index is 10.8. The molecule has 1 heterocycles. The highest BCUT2D eigenvalue weighted by Gasteiger charge is 2.27. The predicted molar refractivity (Wildman–Crippen MR) is 79.3 cm³/mol. The minimum atomic E-state index is -0.937. The number of hydrogen-bond donors (Lipinski definition) is 1. The molecule has 0 aliphatic rings. The van der Waals surface area contributed by atoms with E-state index < -0.39 is 5.60 Å². The summed E-state index contributed by atoms with van der Waals surface area (Å²) in [5.74, 6) is 1.32. The Morgan fingerprint density at radius 3 is 2.65 bits per heavy atom. The molecule has 0 saturated heterocycles. The standard InChI is InChI=1S/C16H23N3O/c1-12(2)10-19-15(17-11-18-19)9-16(4,20)14-8-6-5-7-13(14)3/h5-8,11-12,20H,9-10H2,1-4H3. The topological polar surface area (TPSA) is 50.9 Å². The van der Waals surface area contributed by atoms with Gasteiger partial charge in [-0.25, -0.2) is 9.67 Å². The summed E-state index contributed by atoms with van der Waals surface area (Å²) >= 11 is 0. The Bertz CT molecular complexity index is 573. The van der Waals surface area contributed by atoms with E-state index in [2.05, 4.69) is 23.9 Å². The fourth-order valence-corrected chi connectivity index (χ4v) is 2.50. The number of rotatable bonds is 5. The van der Waals surface area contributed by atoms with Crippen molar-refractivity contribution in [1.29, 1.82) is 0 Å². The maximum Gasteiger partial charge on any atom is 0.138 e. The minimum absolute atomic E-state index is 0.463. The van der Waals surface area contributed by atoms with Gasteiger partial charge < -0.3 is 5.11 Å². The molecule has 0 fully saturated rings. The van der Waals surface area contributed by atoms with E-state index in [1.54, 1.807) is 6.33 Å². The van der Waals surface area contributed by atoms with Crippen molar-refractivity contribution in [3.05, 3.63) is 47.5 Å². The third-order valence-corrected chi connectivity index (χ3v) is 3.46. The molecule has 1 N–H and O–H groups in total. The average Bonchev–Trinajstić information content (AvgIpc) is 2.75. The van der Waals surface area contributed by atoms with Crippen LogP contribution in [0.2, 0.25) is 0 Å². The lowest BCUT2D eigenvalue weighted by molar-refractivity contribution is 0.0534. The molecule has 4 heteroatoms. The fraction of sp³-hybridized carbons (Fsp3) is 0.500. The largest absolute Gasteiger partial charge is 0.385 e. The molecule has 0 spiro atoms. The number of benzene rings is 1. The Labute approximate surface area is 120 Å².